The summed E-state index contributed by atoms with van der Waals surface area (Å²) in [5, 5.41) is 0. The zero-order chi connectivity index (χ0) is 12.0. The summed E-state index contributed by atoms with van der Waals surface area (Å²) in [4.78, 5) is 4.79. The van der Waals surface area contributed by atoms with Crippen molar-refractivity contribution in [2.45, 2.75) is 38.6 Å². The molecule has 1 aromatic carbocycles. The summed E-state index contributed by atoms with van der Waals surface area (Å²) < 4.78 is 2.41. The van der Waals surface area contributed by atoms with Crippen LogP contribution in [0, 0.1) is 6.92 Å². The molecule has 17 heavy (non-hydrogen) atoms. The first-order chi connectivity index (χ1) is 8.15. The van der Waals surface area contributed by atoms with Crippen LogP contribution in [0.15, 0.2) is 18.2 Å². The first-order valence-corrected chi connectivity index (χ1v) is 6.72. The highest BCUT2D eigenvalue weighted by Gasteiger charge is 2.41. The molecule has 1 heterocycles. The second-order valence-electron chi connectivity index (χ2n) is 5.24. The molecule has 0 atom stereocenters. The summed E-state index contributed by atoms with van der Waals surface area (Å²) in [7, 11) is 0. The highest BCUT2D eigenvalue weighted by Crippen LogP contribution is 2.45. The van der Waals surface area contributed by atoms with Crippen LogP contribution in [0.25, 0.3) is 11.0 Å². The molecule has 0 N–H and O–H groups in total. The lowest BCUT2D eigenvalue weighted by Crippen LogP contribution is -2.16. The van der Waals surface area contributed by atoms with Crippen molar-refractivity contribution in [1.29, 1.82) is 0 Å². The van der Waals surface area contributed by atoms with Crippen molar-refractivity contribution in [1.82, 2.24) is 9.55 Å². The number of para-hydroxylation sites is 1. The molecule has 3 rings (SSSR count). The molecule has 0 amide bonds. The SMILES string of the molecule is Cc1cccc2c1nc(CCCl)n2C1(C)CC1. The van der Waals surface area contributed by atoms with Crippen LogP contribution >= 0.6 is 11.6 Å². The lowest BCUT2D eigenvalue weighted by molar-refractivity contribution is 0.525. The highest BCUT2D eigenvalue weighted by molar-refractivity contribution is 6.17. The maximum Gasteiger partial charge on any atom is 0.111 e. The van der Waals surface area contributed by atoms with Crippen LogP contribution in [-0.2, 0) is 12.0 Å². The average Bonchev–Trinajstić information content (AvgIpc) is 2.91. The van der Waals surface area contributed by atoms with Crippen molar-refractivity contribution in [3.05, 3.63) is 29.6 Å². The van der Waals surface area contributed by atoms with E-state index in [1.54, 1.807) is 0 Å². The molecule has 2 nitrogen and oxygen atoms in total. The van der Waals surface area contributed by atoms with Gasteiger partial charge in [0.2, 0.25) is 0 Å². The van der Waals surface area contributed by atoms with E-state index >= 15 is 0 Å². The summed E-state index contributed by atoms with van der Waals surface area (Å²) in [5.41, 5.74) is 3.94. The van der Waals surface area contributed by atoms with Crippen LogP contribution in [0.2, 0.25) is 0 Å². The van der Waals surface area contributed by atoms with E-state index in [1.165, 1.54) is 23.9 Å². The van der Waals surface area contributed by atoms with Crippen molar-refractivity contribution in [3.63, 3.8) is 0 Å². The number of alkyl halides is 1. The molecule has 0 saturated heterocycles. The minimum atomic E-state index is 0.282. The molecular weight excluding hydrogens is 232 g/mol. The first kappa shape index (κ1) is 11.1. The van der Waals surface area contributed by atoms with Crippen LogP contribution < -0.4 is 0 Å². The summed E-state index contributed by atoms with van der Waals surface area (Å²) >= 11 is 5.89. The van der Waals surface area contributed by atoms with E-state index in [4.69, 9.17) is 16.6 Å². The molecule has 1 saturated carbocycles. The standard InChI is InChI=1S/C14H17ClN2/c1-10-4-3-5-11-13(10)16-12(6-9-15)17(11)14(2)7-8-14/h3-5H,6-9H2,1-2H3. The van der Waals surface area contributed by atoms with Crippen molar-refractivity contribution in [2.75, 3.05) is 5.88 Å². The predicted octanol–water partition coefficient (Wildman–Crippen LogP) is 3.64. The van der Waals surface area contributed by atoms with Gasteiger partial charge in [0.1, 0.15) is 5.82 Å². The van der Waals surface area contributed by atoms with Crippen molar-refractivity contribution < 1.29 is 0 Å². The van der Waals surface area contributed by atoms with Crippen molar-refractivity contribution in [3.8, 4) is 0 Å². The average molecular weight is 249 g/mol. The van der Waals surface area contributed by atoms with Gasteiger partial charge in [-0.3, -0.25) is 0 Å². The van der Waals surface area contributed by atoms with Gasteiger partial charge in [0.25, 0.3) is 0 Å². The Labute approximate surface area is 107 Å². The summed E-state index contributed by atoms with van der Waals surface area (Å²) in [6.45, 7) is 4.44. The molecule has 0 aliphatic heterocycles. The Morgan fingerprint density at radius 3 is 2.82 bits per heavy atom. The minimum Gasteiger partial charge on any atom is -0.322 e. The fraction of sp³-hybridized carbons (Fsp3) is 0.500. The van der Waals surface area contributed by atoms with Gasteiger partial charge in [-0.25, -0.2) is 4.98 Å². The van der Waals surface area contributed by atoms with Gasteiger partial charge in [0.05, 0.1) is 11.0 Å². The summed E-state index contributed by atoms with van der Waals surface area (Å²) in [6, 6.07) is 6.42. The van der Waals surface area contributed by atoms with E-state index in [2.05, 4.69) is 36.6 Å². The van der Waals surface area contributed by atoms with E-state index in [0.717, 1.165) is 17.8 Å². The van der Waals surface area contributed by atoms with Gasteiger partial charge in [-0.2, -0.15) is 0 Å². The van der Waals surface area contributed by atoms with Gasteiger partial charge in [0, 0.05) is 17.8 Å². The van der Waals surface area contributed by atoms with Crippen LogP contribution in [0.3, 0.4) is 0 Å². The Bertz CT molecular complexity index is 567. The molecule has 1 aromatic heterocycles. The van der Waals surface area contributed by atoms with Crippen LogP contribution in [0.5, 0.6) is 0 Å². The highest BCUT2D eigenvalue weighted by atomic mass is 35.5. The molecule has 1 aliphatic carbocycles. The third kappa shape index (κ3) is 1.66. The van der Waals surface area contributed by atoms with Gasteiger partial charge in [-0.05, 0) is 38.3 Å². The normalized spacial score (nSPS) is 17.6. The first-order valence-electron chi connectivity index (χ1n) is 6.19. The monoisotopic (exact) mass is 248 g/mol. The number of fused-ring (bicyclic) bond motifs is 1. The number of hydrogen-bond acceptors (Lipinski definition) is 1. The van der Waals surface area contributed by atoms with Crippen molar-refractivity contribution in [2.24, 2.45) is 0 Å². The van der Waals surface area contributed by atoms with Crippen molar-refractivity contribution >= 4 is 22.6 Å². The Balaban J connectivity index is 2.28. The number of halogens is 1. The molecule has 1 fully saturated rings. The number of aryl methyl sites for hydroxylation is 2. The zero-order valence-corrected chi connectivity index (χ0v) is 11.1. The fourth-order valence-corrected chi connectivity index (χ4v) is 2.72. The fourth-order valence-electron chi connectivity index (χ4n) is 2.55. The van der Waals surface area contributed by atoms with Crippen LogP contribution in [0.4, 0.5) is 0 Å². The number of imidazole rings is 1. The van der Waals surface area contributed by atoms with E-state index in [1.807, 2.05) is 0 Å². The Morgan fingerprint density at radius 1 is 1.41 bits per heavy atom. The van der Waals surface area contributed by atoms with Gasteiger partial charge < -0.3 is 4.57 Å². The smallest absolute Gasteiger partial charge is 0.111 e. The molecule has 2 aromatic rings. The van der Waals surface area contributed by atoms with Gasteiger partial charge in [-0.15, -0.1) is 11.6 Å². The molecule has 90 valence electrons. The van der Waals surface area contributed by atoms with E-state index in [0.29, 0.717) is 5.88 Å². The maximum absolute atomic E-state index is 5.89. The molecular formula is C14H17ClN2. The second-order valence-corrected chi connectivity index (χ2v) is 5.62. The maximum atomic E-state index is 5.89. The Morgan fingerprint density at radius 2 is 2.18 bits per heavy atom. The largest absolute Gasteiger partial charge is 0.322 e. The number of rotatable bonds is 3. The topological polar surface area (TPSA) is 17.8 Å². The zero-order valence-electron chi connectivity index (χ0n) is 10.3. The second kappa shape index (κ2) is 3.74. The number of benzene rings is 1. The van der Waals surface area contributed by atoms with Gasteiger partial charge in [-0.1, -0.05) is 12.1 Å². The molecule has 0 radical (unpaired) electrons. The van der Waals surface area contributed by atoms with Gasteiger partial charge >= 0.3 is 0 Å². The summed E-state index contributed by atoms with van der Waals surface area (Å²) in [6.07, 6.45) is 3.36. The van der Waals surface area contributed by atoms with Gasteiger partial charge in [0.15, 0.2) is 0 Å². The van der Waals surface area contributed by atoms with E-state index < -0.39 is 0 Å². The number of hydrogen-bond donors (Lipinski definition) is 0. The van der Waals surface area contributed by atoms with Crippen LogP contribution in [0.1, 0.15) is 31.2 Å². The third-order valence-corrected chi connectivity index (χ3v) is 3.98. The molecule has 0 unspecified atom stereocenters. The number of aromatic nitrogens is 2. The molecule has 0 spiro atoms. The Kier molecular flexibility index (Phi) is 2.44. The third-order valence-electron chi connectivity index (χ3n) is 3.79. The molecule has 3 heteroatoms. The Hall–Kier alpha value is -1.02. The number of nitrogens with zero attached hydrogens (tertiary/aromatic N) is 2. The lowest BCUT2D eigenvalue weighted by atomic mass is 10.2. The quantitative estimate of drug-likeness (QED) is 0.759. The molecule has 1 aliphatic rings. The van der Waals surface area contributed by atoms with E-state index in [-0.39, 0.29) is 5.54 Å². The minimum absolute atomic E-state index is 0.282. The predicted molar refractivity (Wildman–Crippen MR) is 71.8 cm³/mol. The summed E-state index contributed by atoms with van der Waals surface area (Å²) in [5.74, 6) is 1.78. The lowest BCUT2D eigenvalue weighted by Gasteiger charge is -2.15. The molecule has 0 bridgehead atoms. The van der Waals surface area contributed by atoms with Crippen LogP contribution in [-0.4, -0.2) is 15.4 Å². The van der Waals surface area contributed by atoms with E-state index in [9.17, 15) is 0 Å².